The van der Waals surface area contributed by atoms with Crippen LogP contribution < -0.4 is 5.32 Å². The molecule has 0 unspecified atom stereocenters. The molecule has 0 aliphatic carbocycles. The molecule has 1 amide bonds. The Morgan fingerprint density at radius 1 is 1.50 bits per heavy atom. The molecule has 0 radical (unpaired) electrons. The summed E-state index contributed by atoms with van der Waals surface area (Å²) in [6, 6.07) is 6.19. The van der Waals surface area contributed by atoms with Crippen LogP contribution in [0, 0.1) is 10.5 Å². The van der Waals surface area contributed by atoms with Gasteiger partial charge in [0.2, 0.25) is 0 Å². The fourth-order valence-corrected chi connectivity index (χ4v) is 2.63. The minimum absolute atomic E-state index is 0. The van der Waals surface area contributed by atoms with E-state index in [9.17, 15) is 4.79 Å². The van der Waals surface area contributed by atoms with E-state index in [4.69, 9.17) is 0 Å². The highest BCUT2D eigenvalue weighted by Gasteiger charge is 2.25. The number of nitrogens with one attached hydrogen (secondary N) is 1. The lowest BCUT2D eigenvalue weighted by Crippen LogP contribution is -2.52. The number of benzene rings is 1. The second kappa shape index (κ2) is 6.73. The van der Waals surface area contributed by atoms with Crippen LogP contribution in [0.1, 0.15) is 22.8 Å². The topological polar surface area (TPSA) is 32.3 Å². The number of hydrogen-bond acceptors (Lipinski definition) is 2. The van der Waals surface area contributed by atoms with E-state index in [1.165, 1.54) is 0 Å². The average Bonchev–Trinajstić information content (AvgIpc) is 2.32. The number of amides is 1. The molecule has 5 heteroatoms. The smallest absolute Gasteiger partial charge is 0.254 e. The Kier molecular flexibility index (Phi) is 5.88. The van der Waals surface area contributed by atoms with Crippen LogP contribution in [0.2, 0.25) is 0 Å². The molecule has 18 heavy (non-hydrogen) atoms. The second-order valence-corrected chi connectivity index (χ2v) is 5.63. The third kappa shape index (κ3) is 3.16. The molecule has 0 spiro atoms. The molecule has 1 atom stereocenters. The summed E-state index contributed by atoms with van der Waals surface area (Å²) in [4.78, 5) is 14.4. The van der Waals surface area contributed by atoms with Gasteiger partial charge in [0.05, 0.1) is 0 Å². The van der Waals surface area contributed by atoms with Crippen molar-refractivity contribution >= 4 is 40.9 Å². The number of carbonyl (C=O) groups is 1. The maximum Gasteiger partial charge on any atom is 0.254 e. The summed E-state index contributed by atoms with van der Waals surface area (Å²) < 4.78 is 1.15. The number of hydrogen-bond donors (Lipinski definition) is 1. The Balaban J connectivity index is 0.00000162. The van der Waals surface area contributed by atoms with Crippen molar-refractivity contribution in [2.24, 2.45) is 0 Å². The molecule has 1 aliphatic rings. The van der Waals surface area contributed by atoms with E-state index in [0.717, 1.165) is 34.3 Å². The number of piperazine rings is 1. The Morgan fingerprint density at radius 2 is 2.22 bits per heavy atom. The monoisotopic (exact) mass is 380 g/mol. The summed E-state index contributed by atoms with van der Waals surface area (Å²) in [5.74, 6) is 0.162. The molecular formula is C13H18ClIN2O. The highest BCUT2D eigenvalue weighted by molar-refractivity contribution is 14.1. The zero-order valence-corrected chi connectivity index (χ0v) is 13.5. The van der Waals surface area contributed by atoms with Crippen molar-refractivity contribution in [1.82, 2.24) is 10.2 Å². The van der Waals surface area contributed by atoms with E-state index in [1.807, 2.05) is 30.0 Å². The molecular weight excluding hydrogens is 363 g/mol. The lowest BCUT2D eigenvalue weighted by atomic mass is 10.1. The van der Waals surface area contributed by atoms with Gasteiger partial charge >= 0.3 is 0 Å². The zero-order chi connectivity index (χ0) is 12.4. The Hall–Kier alpha value is -0.330. The van der Waals surface area contributed by atoms with Gasteiger partial charge in [0.25, 0.3) is 5.91 Å². The number of carbonyl (C=O) groups excluding carboxylic acids is 1. The van der Waals surface area contributed by atoms with Crippen LogP contribution in [0.4, 0.5) is 0 Å². The Labute approximate surface area is 128 Å². The maximum atomic E-state index is 12.5. The van der Waals surface area contributed by atoms with E-state index in [-0.39, 0.29) is 24.4 Å². The van der Waals surface area contributed by atoms with Gasteiger partial charge in [0, 0.05) is 34.8 Å². The normalized spacial score (nSPS) is 19.3. The van der Waals surface area contributed by atoms with Crippen molar-refractivity contribution < 1.29 is 4.79 Å². The Bertz CT molecular complexity index is 439. The lowest BCUT2D eigenvalue weighted by molar-refractivity contribution is 0.0655. The minimum Gasteiger partial charge on any atom is -0.333 e. The van der Waals surface area contributed by atoms with Crippen molar-refractivity contribution in [2.75, 3.05) is 19.6 Å². The van der Waals surface area contributed by atoms with Gasteiger partial charge < -0.3 is 10.2 Å². The molecule has 3 nitrogen and oxygen atoms in total. The van der Waals surface area contributed by atoms with Gasteiger partial charge in [-0.1, -0.05) is 6.07 Å². The average molecular weight is 381 g/mol. The van der Waals surface area contributed by atoms with Crippen molar-refractivity contribution in [1.29, 1.82) is 0 Å². The van der Waals surface area contributed by atoms with Crippen LogP contribution in [0.25, 0.3) is 0 Å². The molecule has 0 aromatic heterocycles. The third-order valence-corrected chi connectivity index (χ3v) is 4.43. The predicted molar refractivity (Wildman–Crippen MR) is 84.5 cm³/mol. The number of rotatable bonds is 1. The van der Waals surface area contributed by atoms with E-state index < -0.39 is 0 Å². The largest absolute Gasteiger partial charge is 0.333 e. The highest BCUT2D eigenvalue weighted by Crippen LogP contribution is 2.19. The molecule has 1 N–H and O–H groups in total. The summed E-state index contributed by atoms with van der Waals surface area (Å²) in [6.45, 7) is 6.67. The second-order valence-electron chi connectivity index (χ2n) is 4.46. The van der Waals surface area contributed by atoms with Crippen LogP contribution in [0.5, 0.6) is 0 Å². The number of halogens is 2. The summed E-state index contributed by atoms with van der Waals surface area (Å²) in [6.07, 6.45) is 0. The van der Waals surface area contributed by atoms with Gasteiger partial charge in [-0.3, -0.25) is 4.79 Å². The molecule has 1 aromatic rings. The van der Waals surface area contributed by atoms with E-state index in [0.29, 0.717) is 0 Å². The summed E-state index contributed by atoms with van der Waals surface area (Å²) >= 11 is 2.28. The Morgan fingerprint density at radius 3 is 2.89 bits per heavy atom. The van der Waals surface area contributed by atoms with Crippen molar-refractivity contribution in [2.45, 2.75) is 19.9 Å². The fourth-order valence-electron chi connectivity index (χ4n) is 2.14. The first-order chi connectivity index (χ1) is 8.11. The van der Waals surface area contributed by atoms with E-state index >= 15 is 0 Å². The van der Waals surface area contributed by atoms with E-state index in [1.54, 1.807) is 0 Å². The maximum absolute atomic E-state index is 12.5. The van der Waals surface area contributed by atoms with Gasteiger partial charge in [0.15, 0.2) is 0 Å². The first-order valence-corrected chi connectivity index (χ1v) is 6.96. The number of nitrogens with zero attached hydrogens (tertiary/aromatic N) is 1. The van der Waals surface area contributed by atoms with Crippen molar-refractivity contribution in [3.63, 3.8) is 0 Å². The van der Waals surface area contributed by atoms with Crippen LogP contribution in [-0.4, -0.2) is 36.5 Å². The standard InChI is InChI=1S/C13H17IN2O.ClH/c1-9-8-15-6-7-16(9)13(17)11-4-3-5-12(14)10(11)2;/h3-5,9,15H,6-8H2,1-2H3;1H/t9-;/m0./s1. The minimum atomic E-state index is 0. The fraction of sp³-hybridized carbons (Fsp3) is 0.462. The van der Waals surface area contributed by atoms with Crippen LogP contribution in [0.3, 0.4) is 0 Å². The zero-order valence-electron chi connectivity index (χ0n) is 10.6. The molecule has 0 saturated carbocycles. The molecule has 1 fully saturated rings. The highest BCUT2D eigenvalue weighted by atomic mass is 127. The quantitative estimate of drug-likeness (QED) is 0.759. The molecule has 1 saturated heterocycles. The molecule has 0 bridgehead atoms. The lowest BCUT2D eigenvalue weighted by Gasteiger charge is -2.34. The van der Waals surface area contributed by atoms with Crippen LogP contribution in [0.15, 0.2) is 18.2 Å². The van der Waals surface area contributed by atoms with Crippen LogP contribution in [-0.2, 0) is 0 Å². The van der Waals surface area contributed by atoms with Gasteiger partial charge in [-0.25, -0.2) is 0 Å². The van der Waals surface area contributed by atoms with Crippen molar-refractivity contribution in [3.8, 4) is 0 Å². The summed E-state index contributed by atoms with van der Waals surface area (Å²) in [5.41, 5.74) is 1.93. The van der Waals surface area contributed by atoms with E-state index in [2.05, 4.69) is 34.8 Å². The molecule has 1 aromatic carbocycles. The molecule has 2 rings (SSSR count). The third-order valence-electron chi connectivity index (χ3n) is 3.26. The van der Waals surface area contributed by atoms with Gasteiger partial charge in [-0.15, -0.1) is 12.4 Å². The van der Waals surface area contributed by atoms with Gasteiger partial charge in [0.1, 0.15) is 0 Å². The van der Waals surface area contributed by atoms with Gasteiger partial charge in [-0.05, 0) is 54.1 Å². The summed E-state index contributed by atoms with van der Waals surface area (Å²) in [7, 11) is 0. The van der Waals surface area contributed by atoms with Gasteiger partial charge in [-0.2, -0.15) is 0 Å². The molecule has 1 aliphatic heterocycles. The SMILES string of the molecule is Cc1c(I)cccc1C(=O)N1CCNC[C@@H]1C.Cl. The predicted octanol–water partition coefficient (Wildman–Crippen LogP) is 2.46. The van der Waals surface area contributed by atoms with Crippen LogP contribution >= 0.6 is 35.0 Å². The first-order valence-electron chi connectivity index (χ1n) is 5.88. The molecule has 100 valence electrons. The first kappa shape index (κ1) is 15.7. The van der Waals surface area contributed by atoms with Crippen molar-refractivity contribution in [3.05, 3.63) is 32.9 Å². The molecule has 1 heterocycles. The summed E-state index contributed by atoms with van der Waals surface area (Å²) in [5, 5.41) is 3.30.